The van der Waals surface area contributed by atoms with E-state index in [0.29, 0.717) is 12.8 Å². The Morgan fingerprint density at radius 1 is 1.18 bits per heavy atom. The Hall–Kier alpha value is -0.390. The van der Waals surface area contributed by atoms with Gasteiger partial charge in [-0.15, -0.1) is 0 Å². The van der Waals surface area contributed by atoms with E-state index >= 15 is 0 Å². The predicted octanol–water partition coefficient (Wildman–Crippen LogP) is 2.97. The van der Waals surface area contributed by atoms with Gasteiger partial charge in [0, 0.05) is 16.4 Å². The molecule has 0 radical (unpaired) electrons. The quantitative estimate of drug-likeness (QED) is 0.769. The highest BCUT2D eigenvalue weighted by Crippen LogP contribution is 2.39. The van der Waals surface area contributed by atoms with Gasteiger partial charge >= 0.3 is 0 Å². The van der Waals surface area contributed by atoms with Crippen LogP contribution in [0.25, 0.3) is 5.57 Å². The van der Waals surface area contributed by atoms with Crippen LogP contribution in [0.5, 0.6) is 0 Å². The van der Waals surface area contributed by atoms with Gasteiger partial charge < -0.3 is 10.2 Å². The van der Waals surface area contributed by atoms with Gasteiger partial charge in [-0.2, -0.15) is 0 Å². The van der Waals surface area contributed by atoms with Gasteiger partial charge in [0.05, 0.1) is 11.2 Å². The molecule has 1 aromatic carbocycles. The third-order valence-electron chi connectivity index (χ3n) is 3.02. The van der Waals surface area contributed by atoms with Crippen molar-refractivity contribution in [1.82, 2.24) is 0 Å². The van der Waals surface area contributed by atoms with Gasteiger partial charge in [-0.25, -0.2) is 0 Å². The van der Waals surface area contributed by atoms with Gasteiger partial charge in [0.1, 0.15) is 0 Å². The zero-order chi connectivity index (χ0) is 12.7. The molecule has 17 heavy (non-hydrogen) atoms. The Kier molecular flexibility index (Phi) is 3.36. The SMILES string of the molecule is CC1(O)C=C(c2ccccc2I)CC(C)(O)C1. The maximum atomic E-state index is 10.2. The van der Waals surface area contributed by atoms with Gasteiger partial charge in [-0.3, -0.25) is 0 Å². The summed E-state index contributed by atoms with van der Waals surface area (Å²) in [5, 5.41) is 20.4. The summed E-state index contributed by atoms with van der Waals surface area (Å²) in [7, 11) is 0. The van der Waals surface area contributed by atoms with Crippen LogP contribution in [0.3, 0.4) is 0 Å². The lowest BCUT2D eigenvalue weighted by Gasteiger charge is -2.37. The molecular formula is C14H17IO2. The lowest BCUT2D eigenvalue weighted by atomic mass is 9.76. The Morgan fingerprint density at radius 2 is 1.82 bits per heavy atom. The van der Waals surface area contributed by atoms with Gasteiger partial charge in [0.15, 0.2) is 0 Å². The first-order valence-electron chi connectivity index (χ1n) is 5.71. The molecule has 2 atom stereocenters. The molecule has 1 aromatic rings. The zero-order valence-electron chi connectivity index (χ0n) is 10.1. The average Bonchev–Trinajstić information content (AvgIpc) is 2.13. The fourth-order valence-corrected chi connectivity index (χ4v) is 3.35. The minimum Gasteiger partial charge on any atom is -0.390 e. The fourth-order valence-electron chi connectivity index (χ4n) is 2.62. The van der Waals surface area contributed by atoms with E-state index in [1.165, 1.54) is 0 Å². The number of aliphatic hydroxyl groups is 2. The molecule has 0 fully saturated rings. The minimum atomic E-state index is -0.935. The second kappa shape index (κ2) is 4.37. The average molecular weight is 344 g/mol. The maximum Gasteiger partial charge on any atom is 0.0832 e. The van der Waals surface area contributed by atoms with Gasteiger partial charge in [-0.05, 0) is 59.7 Å². The first kappa shape index (κ1) is 13.1. The summed E-state index contributed by atoms with van der Waals surface area (Å²) in [5.41, 5.74) is 0.354. The highest BCUT2D eigenvalue weighted by molar-refractivity contribution is 14.1. The zero-order valence-corrected chi connectivity index (χ0v) is 12.2. The Morgan fingerprint density at radius 3 is 2.41 bits per heavy atom. The Bertz CT molecular complexity index is 461. The predicted molar refractivity (Wildman–Crippen MR) is 77.6 cm³/mol. The summed E-state index contributed by atoms with van der Waals surface area (Å²) < 4.78 is 1.14. The Labute approximate surface area is 116 Å². The largest absolute Gasteiger partial charge is 0.390 e. The van der Waals surface area contributed by atoms with Crippen LogP contribution in [0.15, 0.2) is 30.3 Å². The summed E-state index contributed by atoms with van der Waals surface area (Å²) >= 11 is 2.28. The number of halogens is 1. The van der Waals surface area contributed by atoms with Crippen LogP contribution in [0.2, 0.25) is 0 Å². The lowest BCUT2D eigenvalue weighted by Crippen LogP contribution is -2.40. The van der Waals surface area contributed by atoms with E-state index in [1.807, 2.05) is 30.3 Å². The van der Waals surface area contributed by atoms with Crippen molar-refractivity contribution in [2.45, 2.75) is 37.9 Å². The number of benzene rings is 1. The van der Waals surface area contributed by atoms with E-state index in [2.05, 4.69) is 22.6 Å². The van der Waals surface area contributed by atoms with Crippen LogP contribution < -0.4 is 0 Å². The Balaban J connectivity index is 2.46. The normalized spacial score (nSPS) is 33.4. The smallest absolute Gasteiger partial charge is 0.0832 e. The molecule has 2 rings (SSSR count). The van der Waals surface area contributed by atoms with E-state index in [1.54, 1.807) is 13.8 Å². The van der Waals surface area contributed by atoms with E-state index in [4.69, 9.17) is 0 Å². The van der Waals surface area contributed by atoms with E-state index in [9.17, 15) is 10.2 Å². The van der Waals surface area contributed by atoms with Crippen molar-refractivity contribution in [3.63, 3.8) is 0 Å². The van der Waals surface area contributed by atoms with Crippen LogP contribution >= 0.6 is 22.6 Å². The molecule has 0 heterocycles. The minimum absolute atomic E-state index is 0.382. The second-order valence-corrected chi connectivity index (χ2v) is 6.52. The molecule has 0 saturated heterocycles. The third kappa shape index (κ3) is 3.09. The third-order valence-corrected chi connectivity index (χ3v) is 3.96. The molecule has 2 unspecified atom stereocenters. The van der Waals surface area contributed by atoms with Crippen molar-refractivity contribution in [2.24, 2.45) is 0 Å². The molecule has 92 valence electrons. The lowest BCUT2D eigenvalue weighted by molar-refractivity contribution is -0.0248. The fraction of sp³-hybridized carbons (Fsp3) is 0.429. The highest BCUT2D eigenvalue weighted by Gasteiger charge is 2.37. The highest BCUT2D eigenvalue weighted by atomic mass is 127. The molecule has 0 aliphatic heterocycles. The van der Waals surface area contributed by atoms with Crippen LogP contribution in [-0.2, 0) is 0 Å². The van der Waals surface area contributed by atoms with E-state index in [-0.39, 0.29) is 0 Å². The summed E-state index contributed by atoms with van der Waals surface area (Å²) in [6, 6.07) is 8.04. The number of rotatable bonds is 1. The van der Waals surface area contributed by atoms with Crippen LogP contribution in [0.4, 0.5) is 0 Å². The molecule has 2 N–H and O–H groups in total. The summed E-state index contributed by atoms with van der Waals surface area (Å²) in [4.78, 5) is 0. The molecule has 0 aromatic heterocycles. The van der Waals surface area contributed by atoms with Crippen LogP contribution in [0, 0.1) is 3.57 Å². The summed E-state index contributed by atoms with van der Waals surface area (Å²) in [6.07, 6.45) is 2.85. The van der Waals surface area contributed by atoms with Gasteiger partial charge in [-0.1, -0.05) is 18.2 Å². The van der Waals surface area contributed by atoms with Crippen molar-refractivity contribution >= 4 is 28.2 Å². The molecule has 0 amide bonds. The molecule has 3 heteroatoms. The number of hydrogen-bond donors (Lipinski definition) is 2. The second-order valence-electron chi connectivity index (χ2n) is 5.36. The standard InChI is InChI=1S/C14H17IO2/c1-13(16)7-10(8-14(2,17)9-13)11-5-3-4-6-12(11)15/h3-7,16-17H,8-9H2,1-2H3. The summed E-state index contributed by atoms with van der Waals surface area (Å²) in [6.45, 7) is 3.53. The van der Waals surface area contributed by atoms with Crippen molar-refractivity contribution in [2.75, 3.05) is 0 Å². The molecule has 2 nitrogen and oxygen atoms in total. The molecule has 0 bridgehead atoms. The van der Waals surface area contributed by atoms with E-state index in [0.717, 1.165) is 14.7 Å². The molecular weight excluding hydrogens is 327 g/mol. The molecule has 0 spiro atoms. The van der Waals surface area contributed by atoms with Gasteiger partial charge in [0.25, 0.3) is 0 Å². The summed E-state index contributed by atoms with van der Waals surface area (Å²) in [5.74, 6) is 0. The van der Waals surface area contributed by atoms with Crippen molar-refractivity contribution in [1.29, 1.82) is 0 Å². The van der Waals surface area contributed by atoms with E-state index < -0.39 is 11.2 Å². The first-order chi connectivity index (χ1) is 7.79. The maximum absolute atomic E-state index is 10.2. The topological polar surface area (TPSA) is 40.5 Å². The van der Waals surface area contributed by atoms with Crippen molar-refractivity contribution in [3.8, 4) is 0 Å². The van der Waals surface area contributed by atoms with Crippen LogP contribution in [-0.4, -0.2) is 21.4 Å². The van der Waals surface area contributed by atoms with Crippen molar-refractivity contribution < 1.29 is 10.2 Å². The molecule has 0 saturated carbocycles. The molecule has 1 aliphatic rings. The van der Waals surface area contributed by atoms with Crippen LogP contribution in [0.1, 0.15) is 32.3 Å². The van der Waals surface area contributed by atoms with Gasteiger partial charge in [0.2, 0.25) is 0 Å². The van der Waals surface area contributed by atoms with Crippen molar-refractivity contribution in [3.05, 3.63) is 39.5 Å². The number of hydrogen-bond acceptors (Lipinski definition) is 2. The monoisotopic (exact) mass is 344 g/mol. The first-order valence-corrected chi connectivity index (χ1v) is 6.78. The molecule has 1 aliphatic carbocycles.